The summed E-state index contributed by atoms with van der Waals surface area (Å²) in [5.74, 6) is -1.93. The molecule has 0 fully saturated rings. The summed E-state index contributed by atoms with van der Waals surface area (Å²) in [5.41, 5.74) is 0. The van der Waals surface area contributed by atoms with Gasteiger partial charge in [0.05, 0.1) is 11.5 Å². The molecule has 0 amide bonds. The minimum absolute atomic E-state index is 0.0833. The molecule has 6 heteroatoms. The molecule has 0 saturated carbocycles. The maximum Gasteiger partial charge on any atom is 0.313 e. The zero-order chi connectivity index (χ0) is 8.57. The lowest BCUT2D eigenvalue weighted by atomic mass is 10.8. The van der Waals surface area contributed by atoms with E-state index in [2.05, 4.69) is 25.3 Å². The van der Waals surface area contributed by atoms with Crippen LogP contribution in [0.25, 0.3) is 0 Å². The van der Waals surface area contributed by atoms with Crippen LogP contribution in [0.15, 0.2) is 0 Å². The van der Waals surface area contributed by atoms with Crippen LogP contribution in [0, 0.1) is 0 Å². The summed E-state index contributed by atoms with van der Waals surface area (Å²) in [5, 5.41) is 15.3. The van der Waals surface area contributed by atoms with Crippen LogP contribution >= 0.6 is 25.3 Å². The molecule has 0 spiro atoms. The molecular formula is C4H8O4S2. The predicted molar refractivity (Wildman–Crippen MR) is 43.0 cm³/mol. The maximum atomic E-state index is 9.29. The summed E-state index contributed by atoms with van der Waals surface area (Å²) in [6, 6.07) is 0. The van der Waals surface area contributed by atoms with Crippen molar-refractivity contribution in [1.82, 2.24) is 0 Å². The van der Waals surface area contributed by atoms with Crippen LogP contribution in [0.5, 0.6) is 0 Å². The zero-order valence-corrected chi connectivity index (χ0v) is 6.81. The summed E-state index contributed by atoms with van der Waals surface area (Å²) in [6.07, 6.45) is 0. The van der Waals surface area contributed by atoms with Gasteiger partial charge in [-0.2, -0.15) is 25.3 Å². The Morgan fingerprint density at radius 2 is 1.10 bits per heavy atom. The van der Waals surface area contributed by atoms with Crippen LogP contribution in [0.3, 0.4) is 0 Å². The fraction of sp³-hybridized carbons (Fsp3) is 0.500. The molecule has 0 aliphatic heterocycles. The molecule has 0 aromatic rings. The molecule has 0 bridgehead atoms. The van der Waals surface area contributed by atoms with E-state index < -0.39 is 11.9 Å². The van der Waals surface area contributed by atoms with E-state index in [0.717, 1.165) is 0 Å². The average molecular weight is 184 g/mol. The standard InChI is InChI=1S/2C2H4O2S/c2*3-2(4)1-5/h2*5H,1H2,(H,3,4). The second-order valence-corrected chi connectivity index (χ2v) is 1.74. The van der Waals surface area contributed by atoms with Crippen molar-refractivity contribution in [3.63, 3.8) is 0 Å². The van der Waals surface area contributed by atoms with E-state index in [9.17, 15) is 9.59 Å². The van der Waals surface area contributed by atoms with Crippen molar-refractivity contribution in [3.05, 3.63) is 0 Å². The number of hydrogen-bond acceptors (Lipinski definition) is 4. The van der Waals surface area contributed by atoms with Crippen molar-refractivity contribution < 1.29 is 19.8 Å². The van der Waals surface area contributed by atoms with Gasteiger partial charge in [0.2, 0.25) is 0 Å². The Bertz CT molecular complexity index is 99.8. The largest absolute Gasteiger partial charge is 0.481 e. The van der Waals surface area contributed by atoms with Crippen LogP contribution in [-0.4, -0.2) is 33.7 Å². The van der Waals surface area contributed by atoms with Crippen molar-refractivity contribution in [2.24, 2.45) is 0 Å². The number of rotatable bonds is 2. The van der Waals surface area contributed by atoms with E-state index in [0.29, 0.717) is 0 Å². The first-order valence-corrected chi connectivity index (χ1v) is 3.46. The van der Waals surface area contributed by atoms with E-state index >= 15 is 0 Å². The third kappa shape index (κ3) is 25.4. The Hall–Kier alpha value is -0.360. The van der Waals surface area contributed by atoms with Crippen LogP contribution < -0.4 is 0 Å². The van der Waals surface area contributed by atoms with Gasteiger partial charge in [0, 0.05) is 0 Å². The Balaban J connectivity index is 0. The SMILES string of the molecule is O=C(O)CS.O=C(O)CS. The quantitative estimate of drug-likeness (QED) is 0.456. The lowest BCUT2D eigenvalue weighted by molar-refractivity contribution is -0.134. The first-order valence-electron chi connectivity index (χ1n) is 2.20. The highest BCUT2D eigenvalue weighted by atomic mass is 32.1. The van der Waals surface area contributed by atoms with Gasteiger partial charge >= 0.3 is 11.9 Å². The number of carboxylic acid groups (broad SMARTS) is 2. The zero-order valence-electron chi connectivity index (χ0n) is 5.02. The summed E-state index contributed by atoms with van der Waals surface area (Å²) in [6.45, 7) is 0. The molecular weight excluding hydrogens is 176 g/mol. The van der Waals surface area contributed by atoms with Crippen molar-refractivity contribution in [2.75, 3.05) is 11.5 Å². The first kappa shape index (κ1) is 12.3. The molecule has 4 nitrogen and oxygen atoms in total. The molecule has 0 saturated heterocycles. The smallest absolute Gasteiger partial charge is 0.313 e. The van der Waals surface area contributed by atoms with E-state index in [1.54, 1.807) is 0 Å². The molecule has 0 heterocycles. The minimum atomic E-state index is -0.881. The highest BCUT2D eigenvalue weighted by Crippen LogP contribution is 1.66. The first-order chi connectivity index (χ1) is 4.54. The van der Waals surface area contributed by atoms with Gasteiger partial charge < -0.3 is 10.2 Å². The second-order valence-electron chi connectivity index (χ2n) is 1.10. The molecule has 0 aromatic carbocycles. The maximum absolute atomic E-state index is 9.29. The van der Waals surface area contributed by atoms with Gasteiger partial charge in [-0.3, -0.25) is 9.59 Å². The van der Waals surface area contributed by atoms with E-state index in [1.807, 2.05) is 0 Å². The summed E-state index contributed by atoms with van der Waals surface area (Å²) >= 11 is 6.83. The molecule has 0 atom stereocenters. The molecule has 10 heavy (non-hydrogen) atoms. The molecule has 0 radical (unpaired) electrons. The Labute approximate surface area is 69.1 Å². The van der Waals surface area contributed by atoms with E-state index in [-0.39, 0.29) is 11.5 Å². The molecule has 0 unspecified atom stereocenters. The topological polar surface area (TPSA) is 74.6 Å². The van der Waals surface area contributed by atoms with Gasteiger partial charge in [-0.15, -0.1) is 0 Å². The number of thiol groups is 2. The van der Waals surface area contributed by atoms with Gasteiger partial charge in [-0.05, 0) is 0 Å². The molecule has 0 aromatic heterocycles. The molecule has 60 valence electrons. The monoisotopic (exact) mass is 184 g/mol. The van der Waals surface area contributed by atoms with Crippen LogP contribution in [0.2, 0.25) is 0 Å². The Morgan fingerprint density at radius 3 is 1.10 bits per heavy atom. The second kappa shape index (κ2) is 8.64. The Morgan fingerprint density at radius 1 is 1.00 bits per heavy atom. The summed E-state index contributed by atoms with van der Waals surface area (Å²) in [4.78, 5) is 18.6. The third-order valence-corrected chi connectivity index (χ3v) is 0.812. The summed E-state index contributed by atoms with van der Waals surface area (Å²) < 4.78 is 0. The number of carbonyl (C=O) groups is 2. The number of hydrogen-bond donors (Lipinski definition) is 4. The van der Waals surface area contributed by atoms with Gasteiger partial charge in [0.25, 0.3) is 0 Å². The number of aliphatic carboxylic acids is 2. The van der Waals surface area contributed by atoms with Crippen molar-refractivity contribution in [2.45, 2.75) is 0 Å². The van der Waals surface area contributed by atoms with Crippen LogP contribution in [-0.2, 0) is 9.59 Å². The Kier molecular flexibility index (Phi) is 10.7. The number of carboxylic acids is 2. The average Bonchev–Trinajstić information content (AvgIpc) is 1.89. The highest BCUT2D eigenvalue weighted by Gasteiger charge is 1.82. The summed E-state index contributed by atoms with van der Waals surface area (Å²) in [7, 11) is 0. The fourth-order valence-corrected chi connectivity index (χ4v) is 0. The highest BCUT2D eigenvalue weighted by molar-refractivity contribution is 7.81. The van der Waals surface area contributed by atoms with Crippen LogP contribution in [0.4, 0.5) is 0 Å². The van der Waals surface area contributed by atoms with E-state index in [4.69, 9.17) is 10.2 Å². The molecule has 2 N–H and O–H groups in total. The normalized spacial score (nSPS) is 7.40. The molecule has 0 aliphatic carbocycles. The third-order valence-electron chi connectivity index (χ3n) is 0.271. The van der Waals surface area contributed by atoms with Crippen molar-refractivity contribution in [1.29, 1.82) is 0 Å². The van der Waals surface area contributed by atoms with Crippen LogP contribution in [0.1, 0.15) is 0 Å². The minimum Gasteiger partial charge on any atom is -0.481 e. The van der Waals surface area contributed by atoms with E-state index in [1.165, 1.54) is 0 Å². The predicted octanol–water partition coefficient (Wildman–Crippen LogP) is 0.00160. The van der Waals surface area contributed by atoms with Gasteiger partial charge in [-0.1, -0.05) is 0 Å². The molecule has 0 rings (SSSR count). The molecule has 0 aliphatic rings. The lowest BCUT2D eigenvalue weighted by Crippen LogP contribution is -1.92. The van der Waals surface area contributed by atoms with Gasteiger partial charge in [-0.25, -0.2) is 0 Å². The van der Waals surface area contributed by atoms with Gasteiger partial charge in [0.15, 0.2) is 0 Å². The lowest BCUT2D eigenvalue weighted by Gasteiger charge is -1.71. The van der Waals surface area contributed by atoms with Crippen molar-refractivity contribution >= 4 is 37.2 Å². The van der Waals surface area contributed by atoms with Gasteiger partial charge in [0.1, 0.15) is 0 Å². The fourth-order valence-electron chi connectivity index (χ4n) is 0. The van der Waals surface area contributed by atoms with Crippen molar-refractivity contribution in [3.8, 4) is 0 Å².